The van der Waals surface area contributed by atoms with Gasteiger partial charge in [0.05, 0.1) is 15.1 Å². The second-order valence-corrected chi connectivity index (χ2v) is 12.3. The molecule has 10 heteroatoms. The maximum absolute atomic E-state index is 13.6. The van der Waals surface area contributed by atoms with Crippen LogP contribution in [0.3, 0.4) is 0 Å². The van der Waals surface area contributed by atoms with Crippen LogP contribution in [-0.2, 0) is 10.0 Å². The van der Waals surface area contributed by atoms with Crippen LogP contribution < -0.4 is 4.90 Å². The minimum atomic E-state index is -3.59. The number of thiazole rings is 1. The van der Waals surface area contributed by atoms with Gasteiger partial charge in [-0.15, -0.1) is 0 Å². The van der Waals surface area contributed by atoms with Gasteiger partial charge >= 0.3 is 0 Å². The van der Waals surface area contributed by atoms with Crippen LogP contribution in [0, 0.1) is 0 Å². The van der Waals surface area contributed by atoms with Gasteiger partial charge in [-0.1, -0.05) is 54.5 Å². The molecule has 0 bridgehead atoms. The van der Waals surface area contributed by atoms with Crippen LogP contribution in [0.1, 0.15) is 44.0 Å². The average Bonchev–Trinajstić information content (AvgIpc) is 3.27. The average molecular weight is 582 g/mol. The van der Waals surface area contributed by atoms with Crippen molar-refractivity contribution in [1.82, 2.24) is 14.2 Å². The van der Waals surface area contributed by atoms with Gasteiger partial charge in [0.2, 0.25) is 10.0 Å². The number of anilines is 1. The van der Waals surface area contributed by atoms with Crippen LogP contribution in [0.15, 0.2) is 51.8 Å². The van der Waals surface area contributed by atoms with Crippen molar-refractivity contribution in [2.45, 2.75) is 38.5 Å². The molecule has 0 N–H and O–H groups in total. The third kappa shape index (κ3) is 6.68. The third-order valence-electron chi connectivity index (χ3n) is 5.99. The highest BCUT2D eigenvalue weighted by atomic mass is 79.9. The summed E-state index contributed by atoms with van der Waals surface area (Å²) in [4.78, 5) is 22.5. The van der Waals surface area contributed by atoms with Gasteiger partial charge in [0.15, 0.2) is 5.13 Å². The van der Waals surface area contributed by atoms with Gasteiger partial charge in [-0.05, 0) is 62.0 Å². The quantitative estimate of drug-likeness (QED) is 0.284. The summed E-state index contributed by atoms with van der Waals surface area (Å²) in [5, 5.41) is 0.631. The Hall–Kier alpha value is -1.85. The molecule has 1 amide bonds. The number of carbonyl (C=O) groups excluding carboxylic acids is 1. The number of aromatic nitrogens is 1. The van der Waals surface area contributed by atoms with E-state index in [1.165, 1.54) is 27.8 Å². The molecule has 2 aromatic carbocycles. The molecule has 0 fully saturated rings. The Morgan fingerprint density at radius 3 is 2.31 bits per heavy atom. The van der Waals surface area contributed by atoms with Crippen molar-refractivity contribution in [2.24, 2.45) is 0 Å². The maximum Gasteiger partial charge on any atom is 0.260 e. The minimum Gasteiger partial charge on any atom is -0.302 e. The number of unbranched alkanes of at least 4 members (excludes halogenated alkanes) is 1. The second kappa shape index (κ2) is 12.4. The zero-order valence-electron chi connectivity index (χ0n) is 20.7. The molecule has 1 aromatic heterocycles. The smallest absolute Gasteiger partial charge is 0.260 e. The van der Waals surface area contributed by atoms with E-state index in [2.05, 4.69) is 34.7 Å². The molecule has 0 saturated carbocycles. The largest absolute Gasteiger partial charge is 0.302 e. The summed E-state index contributed by atoms with van der Waals surface area (Å²) in [6.07, 6.45) is 1.71. The number of fused-ring (bicyclic) bond motifs is 1. The first-order valence-electron chi connectivity index (χ1n) is 11.9. The van der Waals surface area contributed by atoms with Crippen LogP contribution in [0.5, 0.6) is 0 Å². The second-order valence-electron chi connectivity index (χ2n) is 8.30. The van der Waals surface area contributed by atoms with Gasteiger partial charge < -0.3 is 4.90 Å². The van der Waals surface area contributed by atoms with Crippen LogP contribution in [0.25, 0.3) is 10.2 Å². The topological polar surface area (TPSA) is 73.8 Å². The molecule has 0 aliphatic heterocycles. The Labute approximate surface area is 220 Å². The zero-order chi connectivity index (χ0) is 25.6. The Morgan fingerprint density at radius 1 is 1.00 bits per heavy atom. The summed E-state index contributed by atoms with van der Waals surface area (Å²) in [5.41, 5.74) is 1.27. The van der Waals surface area contributed by atoms with E-state index in [1.54, 1.807) is 24.1 Å². The first kappa shape index (κ1) is 27.7. The normalized spacial score (nSPS) is 12.1. The van der Waals surface area contributed by atoms with Gasteiger partial charge in [-0.25, -0.2) is 17.7 Å². The summed E-state index contributed by atoms with van der Waals surface area (Å²) in [7, 11) is -2.00. The standard InChI is InChI=1S/C25H33BrN4O3S2/c1-5-8-15-28(4)35(32,33)21-12-9-19(10-13-21)24(31)30(17-16-29(6-2)7-3)25-27-22-14-11-20(26)18-23(22)34-25/h9-14,18H,5-8,15-17H2,1-4H3. The van der Waals surface area contributed by atoms with Gasteiger partial charge in [0, 0.05) is 36.7 Å². The molecular weight excluding hydrogens is 548 g/mol. The summed E-state index contributed by atoms with van der Waals surface area (Å²) in [6.45, 7) is 9.67. The highest BCUT2D eigenvalue weighted by molar-refractivity contribution is 9.10. The molecule has 0 saturated heterocycles. The van der Waals surface area contributed by atoms with Crippen LogP contribution in [-0.4, -0.2) is 68.3 Å². The third-order valence-corrected chi connectivity index (χ3v) is 9.39. The summed E-state index contributed by atoms with van der Waals surface area (Å²) in [5.74, 6) is -0.196. The zero-order valence-corrected chi connectivity index (χ0v) is 23.9. The van der Waals surface area contributed by atoms with Crippen molar-refractivity contribution in [3.8, 4) is 0 Å². The van der Waals surface area contributed by atoms with E-state index in [9.17, 15) is 13.2 Å². The Morgan fingerprint density at radius 2 is 1.69 bits per heavy atom. The number of benzene rings is 2. The molecule has 0 radical (unpaired) electrons. The van der Waals surface area contributed by atoms with Gasteiger partial charge in [0.25, 0.3) is 5.91 Å². The molecule has 0 spiro atoms. The summed E-state index contributed by atoms with van der Waals surface area (Å²) in [6, 6.07) is 12.1. The van der Waals surface area contributed by atoms with E-state index in [0.717, 1.165) is 40.6 Å². The van der Waals surface area contributed by atoms with Crippen LogP contribution >= 0.6 is 27.3 Å². The maximum atomic E-state index is 13.6. The number of nitrogens with zero attached hydrogens (tertiary/aromatic N) is 4. The van der Waals surface area contributed by atoms with Gasteiger partial charge in [-0.3, -0.25) is 9.69 Å². The molecular formula is C25H33BrN4O3S2. The SMILES string of the molecule is CCCCN(C)S(=O)(=O)c1ccc(C(=O)N(CCN(CC)CC)c2nc3ccc(Br)cc3s2)cc1. The van der Waals surface area contributed by atoms with E-state index < -0.39 is 10.0 Å². The Kier molecular flexibility index (Phi) is 9.83. The number of sulfonamides is 1. The molecule has 3 aromatic rings. The molecule has 0 aliphatic carbocycles. The highest BCUT2D eigenvalue weighted by Crippen LogP contribution is 2.32. The van der Waals surface area contributed by atoms with E-state index in [1.807, 2.05) is 25.1 Å². The molecule has 35 heavy (non-hydrogen) atoms. The molecule has 0 unspecified atom stereocenters. The number of halogens is 1. The van der Waals surface area contributed by atoms with Crippen molar-refractivity contribution < 1.29 is 13.2 Å². The first-order chi connectivity index (χ1) is 16.7. The molecule has 0 aliphatic rings. The predicted molar refractivity (Wildman–Crippen MR) is 148 cm³/mol. The van der Waals surface area contributed by atoms with Crippen molar-refractivity contribution in [1.29, 1.82) is 0 Å². The van der Waals surface area contributed by atoms with Crippen molar-refractivity contribution in [2.75, 3.05) is 44.7 Å². The van der Waals surface area contributed by atoms with Crippen molar-refractivity contribution in [3.63, 3.8) is 0 Å². The fraction of sp³-hybridized carbons (Fsp3) is 0.440. The number of likely N-dealkylation sites (N-methyl/N-ethyl adjacent to an activating group) is 1. The highest BCUT2D eigenvalue weighted by Gasteiger charge is 2.24. The summed E-state index contributed by atoms with van der Waals surface area (Å²) >= 11 is 4.97. The number of hydrogen-bond donors (Lipinski definition) is 0. The minimum absolute atomic E-state index is 0.187. The molecule has 190 valence electrons. The van der Waals surface area contributed by atoms with E-state index in [-0.39, 0.29) is 10.8 Å². The molecule has 7 nitrogen and oxygen atoms in total. The van der Waals surface area contributed by atoms with Crippen LogP contribution in [0.2, 0.25) is 0 Å². The lowest BCUT2D eigenvalue weighted by atomic mass is 10.2. The van der Waals surface area contributed by atoms with Crippen LogP contribution in [0.4, 0.5) is 5.13 Å². The number of rotatable bonds is 12. The van der Waals surface area contributed by atoms with E-state index in [4.69, 9.17) is 4.98 Å². The molecule has 3 rings (SSSR count). The Balaban J connectivity index is 1.90. The van der Waals surface area contributed by atoms with Crippen molar-refractivity contribution in [3.05, 3.63) is 52.5 Å². The number of hydrogen-bond acceptors (Lipinski definition) is 6. The predicted octanol–water partition coefficient (Wildman–Crippen LogP) is 5.47. The van der Waals surface area contributed by atoms with E-state index in [0.29, 0.717) is 30.3 Å². The fourth-order valence-electron chi connectivity index (χ4n) is 3.67. The lowest BCUT2D eigenvalue weighted by Gasteiger charge is -2.25. The van der Waals surface area contributed by atoms with Crippen molar-refractivity contribution >= 4 is 58.5 Å². The monoisotopic (exact) mass is 580 g/mol. The lowest BCUT2D eigenvalue weighted by Crippen LogP contribution is -2.38. The summed E-state index contributed by atoms with van der Waals surface area (Å²) < 4.78 is 29.0. The van der Waals surface area contributed by atoms with E-state index >= 15 is 0 Å². The Bertz CT molecular complexity index is 1240. The molecule has 0 atom stereocenters. The number of carbonyl (C=O) groups is 1. The fourth-order valence-corrected chi connectivity index (χ4v) is 6.42. The first-order valence-corrected chi connectivity index (χ1v) is 14.9. The lowest BCUT2D eigenvalue weighted by molar-refractivity contribution is 0.0983. The molecule has 1 heterocycles. The number of amides is 1. The van der Waals surface area contributed by atoms with Gasteiger partial charge in [-0.2, -0.15) is 0 Å². The van der Waals surface area contributed by atoms with Gasteiger partial charge in [0.1, 0.15) is 0 Å².